The molecule has 0 bridgehead atoms. The molecule has 0 aliphatic heterocycles. The monoisotopic (exact) mass is 262 g/mol. The second-order valence-corrected chi connectivity index (χ2v) is 4.08. The zero-order chi connectivity index (χ0) is 12.3. The third-order valence-corrected chi connectivity index (χ3v) is 3.37. The van der Waals surface area contributed by atoms with Crippen molar-refractivity contribution in [3.63, 3.8) is 0 Å². The van der Waals surface area contributed by atoms with Crippen molar-refractivity contribution < 1.29 is 9.47 Å². The van der Waals surface area contributed by atoms with Crippen LogP contribution in [0.4, 0.5) is 0 Å². The SMILES string of the molecule is COc1c(C)c(C)c(OC)c(CCl)c1CCl. The largest absolute Gasteiger partial charge is 0.496 e. The third-order valence-electron chi connectivity index (χ3n) is 2.83. The summed E-state index contributed by atoms with van der Waals surface area (Å²) in [6.45, 7) is 3.98. The van der Waals surface area contributed by atoms with Crippen LogP contribution in [0.5, 0.6) is 11.5 Å². The Hall–Kier alpha value is -0.600. The lowest BCUT2D eigenvalue weighted by Gasteiger charge is -2.20. The van der Waals surface area contributed by atoms with Gasteiger partial charge in [-0.3, -0.25) is 0 Å². The summed E-state index contributed by atoms with van der Waals surface area (Å²) in [6.07, 6.45) is 0. The summed E-state index contributed by atoms with van der Waals surface area (Å²) in [5, 5.41) is 0. The fourth-order valence-electron chi connectivity index (χ4n) is 1.90. The van der Waals surface area contributed by atoms with Gasteiger partial charge in [-0.25, -0.2) is 0 Å². The Kier molecular flexibility index (Phi) is 4.75. The van der Waals surface area contributed by atoms with Crippen LogP contribution in [0.1, 0.15) is 22.3 Å². The fraction of sp³-hybridized carbons (Fsp3) is 0.500. The highest BCUT2D eigenvalue weighted by atomic mass is 35.5. The molecule has 1 rings (SSSR count). The van der Waals surface area contributed by atoms with Crippen LogP contribution in [0.3, 0.4) is 0 Å². The van der Waals surface area contributed by atoms with E-state index in [1.807, 2.05) is 13.8 Å². The number of hydrogen-bond acceptors (Lipinski definition) is 2. The summed E-state index contributed by atoms with van der Waals surface area (Å²) in [4.78, 5) is 0. The van der Waals surface area contributed by atoms with Crippen molar-refractivity contribution >= 4 is 23.2 Å². The Bertz CT molecular complexity index is 352. The van der Waals surface area contributed by atoms with E-state index >= 15 is 0 Å². The molecule has 16 heavy (non-hydrogen) atoms. The van der Waals surface area contributed by atoms with Gasteiger partial charge in [0.2, 0.25) is 0 Å². The van der Waals surface area contributed by atoms with Gasteiger partial charge >= 0.3 is 0 Å². The Labute approximate surface area is 106 Å². The fourth-order valence-corrected chi connectivity index (χ4v) is 2.47. The van der Waals surface area contributed by atoms with E-state index in [4.69, 9.17) is 32.7 Å². The molecule has 0 spiro atoms. The Morgan fingerprint density at radius 3 is 1.31 bits per heavy atom. The van der Waals surface area contributed by atoms with Crippen molar-refractivity contribution in [3.8, 4) is 11.5 Å². The normalized spacial score (nSPS) is 10.4. The van der Waals surface area contributed by atoms with Gasteiger partial charge in [0, 0.05) is 11.1 Å². The van der Waals surface area contributed by atoms with Gasteiger partial charge in [0.25, 0.3) is 0 Å². The van der Waals surface area contributed by atoms with Crippen LogP contribution in [0.25, 0.3) is 0 Å². The minimum Gasteiger partial charge on any atom is -0.496 e. The number of rotatable bonds is 4. The average molecular weight is 263 g/mol. The molecule has 0 radical (unpaired) electrons. The molecule has 0 heterocycles. The lowest BCUT2D eigenvalue weighted by Crippen LogP contribution is -2.04. The molecule has 0 fully saturated rings. The lowest BCUT2D eigenvalue weighted by molar-refractivity contribution is 0.391. The topological polar surface area (TPSA) is 18.5 Å². The summed E-state index contributed by atoms with van der Waals surface area (Å²) >= 11 is 11.9. The minimum absolute atomic E-state index is 0.364. The Morgan fingerprint density at radius 2 is 1.12 bits per heavy atom. The second kappa shape index (κ2) is 5.65. The van der Waals surface area contributed by atoms with Crippen LogP contribution < -0.4 is 9.47 Å². The zero-order valence-corrected chi connectivity index (χ0v) is 11.5. The first-order chi connectivity index (χ1) is 7.62. The molecule has 90 valence electrons. The number of benzene rings is 1. The van der Waals surface area contributed by atoms with E-state index in [2.05, 4.69) is 0 Å². The molecule has 0 amide bonds. The average Bonchev–Trinajstić information content (AvgIpc) is 2.31. The van der Waals surface area contributed by atoms with Crippen molar-refractivity contribution in [1.29, 1.82) is 0 Å². The number of halogens is 2. The van der Waals surface area contributed by atoms with Crippen LogP contribution >= 0.6 is 23.2 Å². The van der Waals surface area contributed by atoms with Crippen LogP contribution in [0.2, 0.25) is 0 Å². The lowest BCUT2D eigenvalue weighted by atomic mass is 9.98. The maximum absolute atomic E-state index is 5.95. The van der Waals surface area contributed by atoms with E-state index in [0.717, 1.165) is 33.8 Å². The van der Waals surface area contributed by atoms with Gasteiger partial charge in [-0.1, -0.05) is 0 Å². The first-order valence-corrected chi connectivity index (χ1v) is 6.04. The van der Waals surface area contributed by atoms with E-state index in [-0.39, 0.29) is 0 Å². The zero-order valence-electron chi connectivity index (χ0n) is 9.99. The smallest absolute Gasteiger partial charge is 0.127 e. The molecule has 2 nitrogen and oxygen atoms in total. The molecule has 0 unspecified atom stereocenters. The molecular formula is C12H16Cl2O2. The summed E-state index contributed by atoms with van der Waals surface area (Å²) in [6, 6.07) is 0. The Balaban J connectivity index is 3.61. The quantitative estimate of drug-likeness (QED) is 0.769. The molecule has 0 aromatic heterocycles. The molecule has 1 aromatic rings. The van der Waals surface area contributed by atoms with Crippen molar-refractivity contribution in [2.45, 2.75) is 25.6 Å². The second-order valence-electron chi connectivity index (χ2n) is 3.54. The summed E-state index contributed by atoms with van der Waals surface area (Å²) in [5.74, 6) is 2.35. The Morgan fingerprint density at radius 1 is 0.812 bits per heavy atom. The highest BCUT2D eigenvalue weighted by Crippen LogP contribution is 2.39. The van der Waals surface area contributed by atoms with Gasteiger partial charge in [0.05, 0.1) is 26.0 Å². The molecular weight excluding hydrogens is 247 g/mol. The van der Waals surface area contributed by atoms with E-state index in [1.165, 1.54) is 0 Å². The third kappa shape index (κ3) is 2.09. The van der Waals surface area contributed by atoms with Crippen molar-refractivity contribution in [3.05, 3.63) is 22.3 Å². The van der Waals surface area contributed by atoms with Crippen LogP contribution in [0, 0.1) is 13.8 Å². The number of hydrogen-bond donors (Lipinski definition) is 0. The molecule has 0 aliphatic carbocycles. The maximum atomic E-state index is 5.95. The molecule has 0 atom stereocenters. The van der Waals surface area contributed by atoms with Gasteiger partial charge in [-0.2, -0.15) is 0 Å². The highest BCUT2D eigenvalue weighted by molar-refractivity contribution is 6.19. The van der Waals surface area contributed by atoms with Gasteiger partial charge in [0.1, 0.15) is 11.5 Å². The molecule has 1 aromatic carbocycles. The summed E-state index contributed by atoms with van der Waals surface area (Å²) < 4.78 is 10.8. The standard InChI is InChI=1S/C12H16Cl2O2/c1-7-8(2)12(16-4)10(6-14)9(5-13)11(7)15-3/h5-6H2,1-4H3. The predicted octanol–water partition coefficient (Wildman–Crippen LogP) is 3.80. The van der Waals surface area contributed by atoms with Gasteiger partial charge in [-0.05, 0) is 25.0 Å². The predicted molar refractivity (Wildman–Crippen MR) is 68.1 cm³/mol. The van der Waals surface area contributed by atoms with E-state index in [0.29, 0.717) is 11.8 Å². The molecule has 0 saturated heterocycles. The van der Waals surface area contributed by atoms with Gasteiger partial charge in [0.15, 0.2) is 0 Å². The van der Waals surface area contributed by atoms with Crippen molar-refractivity contribution in [1.82, 2.24) is 0 Å². The van der Waals surface area contributed by atoms with Crippen LogP contribution in [0.15, 0.2) is 0 Å². The molecule has 0 aliphatic rings. The summed E-state index contributed by atoms with van der Waals surface area (Å²) in [7, 11) is 3.28. The molecule has 0 N–H and O–H groups in total. The first-order valence-electron chi connectivity index (χ1n) is 4.97. The summed E-state index contributed by atoms with van der Waals surface area (Å²) in [5.41, 5.74) is 3.92. The van der Waals surface area contributed by atoms with Gasteiger partial charge in [-0.15, -0.1) is 23.2 Å². The highest BCUT2D eigenvalue weighted by Gasteiger charge is 2.19. The van der Waals surface area contributed by atoms with Crippen LogP contribution in [-0.4, -0.2) is 14.2 Å². The minimum atomic E-state index is 0.364. The van der Waals surface area contributed by atoms with Crippen LogP contribution in [-0.2, 0) is 11.8 Å². The van der Waals surface area contributed by atoms with Gasteiger partial charge < -0.3 is 9.47 Å². The molecule has 0 saturated carbocycles. The maximum Gasteiger partial charge on any atom is 0.127 e. The number of methoxy groups -OCH3 is 2. The van der Waals surface area contributed by atoms with Crippen molar-refractivity contribution in [2.24, 2.45) is 0 Å². The van der Waals surface area contributed by atoms with E-state index in [9.17, 15) is 0 Å². The van der Waals surface area contributed by atoms with E-state index < -0.39 is 0 Å². The van der Waals surface area contributed by atoms with Crippen molar-refractivity contribution in [2.75, 3.05) is 14.2 Å². The number of ether oxygens (including phenoxy) is 2. The first kappa shape index (κ1) is 13.5. The molecule has 4 heteroatoms. The van der Waals surface area contributed by atoms with E-state index in [1.54, 1.807) is 14.2 Å². The number of alkyl halides is 2.